The molecule has 0 bridgehead atoms. The van der Waals surface area contributed by atoms with Crippen LogP contribution >= 0.6 is 11.3 Å². The monoisotopic (exact) mass is 320 g/mol. The lowest BCUT2D eigenvalue weighted by atomic mass is 10.2. The standard InChI is InChI=1S/C15H20N4O2S/c1-10(20)4-6-16-14(21)12-3-2-7-19(12)13-11-5-8-22-15(11)18-9-17-13/h5,8-10,12,20H,2-4,6-7H2,1H3,(H,16,21). The van der Waals surface area contributed by atoms with E-state index in [4.69, 9.17) is 0 Å². The molecule has 0 aromatic carbocycles. The number of aliphatic hydroxyl groups excluding tert-OH is 1. The Balaban J connectivity index is 1.75. The van der Waals surface area contributed by atoms with E-state index in [-0.39, 0.29) is 11.9 Å². The highest BCUT2D eigenvalue weighted by Gasteiger charge is 2.32. The van der Waals surface area contributed by atoms with E-state index in [2.05, 4.69) is 20.2 Å². The van der Waals surface area contributed by atoms with Crippen LogP contribution in [0, 0.1) is 0 Å². The predicted molar refractivity (Wildman–Crippen MR) is 87.1 cm³/mol. The third-order valence-corrected chi connectivity index (χ3v) is 4.75. The number of fused-ring (bicyclic) bond motifs is 1. The summed E-state index contributed by atoms with van der Waals surface area (Å²) in [5.74, 6) is 0.861. The van der Waals surface area contributed by atoms with Crippen LogP contribution < -0.4 is 10.2 Å². The Kier molecular flexibility index (Phi) is 4.54. The van der Waals surface area contributed by atoms with Crippen molar-refractivity contribution in [3.8, 4) is 0 Å². The first kappa shape index (κ1) is 15.2. The van der Waals surface area contributed by atoms with Crippen LogP contribution in [0.15, 0.2) is 17.8 Å². The zero-order valence-corrected chi connectivity index (χ0v) is 13.3. The minimum atomic E-state index is -0.396. The van der Waals surface area contributed by atoms with Gasteiger partial charge in [-0.05, 0) is 37.6 Å². The number of nitrogens with zero attached hydrogens (tertiary/aromatic N) is 3. The first-order chi connectivity index (χ1) is 10.7. The van der Waals surface area contributed by atoms with Crippen molar-refractivity contribution in [3.63, 3.8) is 0 Å². The van der Waals surface area contributed by atoms with Crippen molar-refractivity contribution in [1.29, 1.82) is 0 Å². The number of carbonyl (C=O) groups is 1. The number of nitrogens with one attached hydrogen (secondary N) is 1. The quantitative estimate of drug-likeness (QED) is 0.874. The molecule has 0 radical (unpaired) electrons. The van der Waals surface area contributed by atoms with Crippen LogP contribution in [0.4, 0.5) is 5.82 Å². The molecule has 2 unspecified atom stereocenters. The molecule has 2 aromatic rings. The molecule has 0 spiro atoms. The van der Waals surface area contributed by atoms with Gasteiger partial charge in [-0.3, -0.25) is 4.79 Å². The second kappa shape index (κ2) is 6.58. The van der Waals surface area contributed by atoms with Crippen molar-refractivity contribution >= 4 is 33.3 Å². The number of aromatic nitrogens is 2. The third-order valence-electron chi connectivity index (χ3n) is 3.93. The molecule has 2 aromatic heterocycles. The van der Waals surface area contributed by atoms with E-state index in [0.717, 1.165) is 35.4 Å². The lowest BCUT2D eigenvalue weighted by Crippen LogP contribution is -2.44. The van der Waals surface area contributed by atoms with Crippen molar-refractivity contribution in [3.05, 3.63) is 17.8 Å². The fraction of sp³-hybridized carbons (Fsp3) is 0.533. The summed E-state index contributed by atoms with van der Waals surface area (Å²) >= 11 is 1.58. The number of rotatable bonds is 5. The number of aliphatic hydroxyl groups is 1. The Morgan fingerprint density at radius 1 is 1.59 bits per heavy atom. The Labute approximate surface area is 133 Å². The summed E-state index contributed by atoms with van der Waals surface area (Å²) in [6.07, 6.45) is 3.54. The van der Waals surface area contributed by atoms with Gasteiger partial charge in [-0.15, -0.1) is 11.3 Å². The molecular weight excluding hydrogens is 300 g/mol. The molecule has 118 valence electrons. The minimum absolute atomic E-state index is 0.0140. The second-order valence-electron chi connectivity index (χ2n) is 5.62. The van der Waals surface area contributed by atoms with Crippen molar-refractivity contribution < 1.29 is 9.90 Å². The maximum atomic E-state index is 12.4. The van der Waals surface area contributed by atoms with E-state index < -0.39 is 6.10 Å². The molecule has 1 aliphatic heterocycles. The summed E-state index contributed by atoms with van der Waals surface area (Å²) in [6, 6.07) is 1.82. The number of anilines is 1. The maximum Gasteiger partial charge on any atom is 0.242 e. The lowest BCUT2D eigenvalue weighted by Gasteiger charge is -2.25. The Morgan fingerprint density at radius 2 is 2.45 bits per heavy atom. The number of hydrogen-bond acceptors (Lipinski definition) is 6. The Morgan fingerprint density at radius 3 is 3.27 bits per heavy atom. The van der Waals surface area contributed by atoms with E-state index in [1.807, 2.05) is 11.4 Å². The van der Waals surface area contributed by atoms with E-state index in [0.29, 0.717) is 13.0 Å². The molecule has 0 aliphatic carbocycles. The van der Waals surface area contributed by atoms with Gasteiger partial charge in [0.15, 0.2) is 0 Å². The van der Waals surface area contributed by atoms with Crippen LogP contribution in [0.25, 0.3) is 10.2 Å². The van der Waals surface area contributed by atoms with Crippen LogP contribution in [-0.4, -0.2) is 46.2 Å². The van der Waals surface area contributed by atoms with E-state index in [9.17, 15) is 9.90 Å². The van der Waals surface area contributed by atoms with Gasteiger partial charge in [-0.1, -0.05) is 0 Å². The Hall–Kier alpha value is -1.73. The van der Waals surface area contributed by atoms with Crippen LogP contribution in [0.5, 0.6) is 0 Å². The topological polar surface area (TPSA) is 78.4 Å². The van der Waals surface area contributed by atoms with Gasteiger partial charge in [-0.25, -0.2) is 9.97 Å². The molecule has 6 nitrogen and oxygen atoms in total. The van der Waals surface area contributed by atoms with E-state index >= 15 is 0 Å². The normalized spacial score (nSPS) is 19.5. The van der Waals surface area contributed by atoms with Gasteiger partial charge in [-0.2, -0.15) is 0 Å². The minimum Gasteiger partial charge on any atom is -0.393 e. The smallest absolute Gasteiger partial charge is 0.242 e. The maximum absolute atomic E-state index is 12.4. The van der Waals surface area contributed by atoms with Crippen molar-refractivity contribution in [2.45, 2.75) is 38.3 Å². The largest absolute Gasteiger partial charge is 0.393 e. The zero-order valence-electron chi connectivity index (χ0n) is 12.5. The van der Waals surface area contributed by atoms with Crippen molar-refractivity contribution in [1.82, 2.24) is 15.3 Å². The number of amides is 1. The number of thiophene rings is 1. The summed E-state index contributed by atoms with van der Waals surface area (Å²) in [6.45, 7) is 3.05. The summed E-state index contributed by atoms with van der Waals surface area (Å²) < 4.78 is 0. The van der Waals surface area contributed by atoms with Gasteiger partial charge < -0.3 is 15.3 Å². The summed E-state index contributed by atoms with van der Waals surface area (Å²) in [7, 11) is 0. The Bertz CT molecular complexity index is 658. The summed E-state index contributed by atoms with van der Waals surface area (Å²) in [5, 5.41) is 15.2. The summed E-state index contributed by atoms with van der Waals surface area (Å²) in [5.41, 5.74) is 0. The fourth-order valence-corrected chi connectivity index (χ4v) is 3.55. The molecule has 7 heteroatoms. The molecule has 0 saturated carbocycles. The zero-order chi connectivity index (χ0) is 15.5. The molecule has 2 N–H and O–H groups in total. The number of carbonyl (C=O) groups excluding carboxylic acids is 1. The molecule has 3 heterocycles. The van der Waals surface area contributed by atoms with Crippen molar-refractivity contribution in [2.75, 3.05) is 18.0 Å². The molecular formula is C15H20N4O2S. The molecule has 3 rings (SSSR count). The van der Waals surface area contributed by atoms with Gasteiger partial charge in [0.05, 0.1) is 11.5 Å². The molecule has 1 aliphatic rings. The first-order valence-corrected chi connectivity index (χ1v) is 8.45. The van der Waals surface area contributed by atoms with E-state index in [1.54, 1.807) is 24.6 Å². The third kappa shape index (κ3) is 3.05. The van der Waals surface area contributed by atoms with Crippen LogP contribution in [-0.2, 0) is 4.79 Å². The number of hydrogen-bond donors (Lipinski definition) is 2. The summed E-state index contributed by atoms with van der Waals surface area (Å²) in [4.78, 5) is 24.1. The van der Waals surface area contributed by atoms with Crippen LogP contribution in [0.1, 0.15) is 26.2 Å². The first-order valence-electron chi connectivity index (χ1n) is 7.57. The highest BCUT2D eigenvalue weighted by molar-refractivity contribution is 7.16. The predicted octanol–water partition coefficient (Wildman–Crippen LogP) is 1.55. The molecule has 22 heavy (non-hydrogen) atoms. The van der Waals surface area contributed by atoms with Gasteiger partial charge >= 0.3 is 0 Å². The molecule has 1 saturated heterocycles. The van der Waals surface area contributed by atoms with Crippen molar-refractivity contribution in [2.24, 2.45) is 0 Å². The lowest BCUT2D eigenvalue weighted by molar-refractivity contribution is -0.122. The van der Waals surface area contributed by atoms with Gasteiger partial charge in [0.25, 0.3) is 0 Å². The SMILES string of the molecule is CC(O)CCNC(=O)C1CCCN1c1ncnc2sccc12. The average Bonchev–Trinajstić information content (AvgIpc) is 3.15. The van der Waals surface area contributed by atoms with Gasteiger partial charge in [0.1, 0.15) is 23.0 Å². The highest BCUT2D eigenvalue weighted by atomic mass is 32.1. The van der Waals surface area contributed by atoms with Crippen LogP contribution in [0.2, 0.25) is 0 Å². The molecule has 1 amide bonds. The van der Waals surface area contributed by atoms with Crippen LogP contribution in [0.3, 0.4) is 0 Å². The molecule has 2 atom stereocenters. The van der Waals surface area contributed by atoms with E-state index in [1.165, 1.54) is 0 Å². The second-order valence-corrected chi connectivity index (χ2v) is 6.51. The highest BCUT2D eigenvalue weighted by Crippen LogP contribution is 2.31. The van der Waals surface area contributed by atoms with Gasteiger partial charge in [0, 0.05) is 13.1 Å². The average molecular weight is 320 g/mol. The fourth-order valence-electron chi connectivity index (χ4n) is 2.82. The molecule has 1 fully saturated rings. The van der Waals surface area contributed by atoms with Gasteiger partial charge in [0.2, 0.25) is 5.91 Å².